The van der Waals surface area contributed by atoms with Gasteiger partial charge < -0.3 is 4.57 Å². The molecule has 0 aliphatic rings. The van der Waals surface area contributed by atoms with Gasteiger partial charge in [0.05, 0.1) is 6.33 Å². The van der Waals surface area contributed by atoms with Crippen LogP contribution in [0.15, 0.2) is 41.8 Å². The first kappa shape index (κ1) is 12.1. The van der Waals surface area contributed by atoms with Crippen LogP contribution in [0.4, 0.5) is 0 Å². The second-order valence-electron chi connectivity index (χ2n) is 3.75. The number of aryl methyl sites for hydroxylation is 1. The molecule has 0 unspecified atom stereocenters. The van der Waals surface area contributed by atoms with E-state index in [1.165, 1.54) is 12.5 Å². The molecule has 1 aromatic carbocycles. The van der Waals surface area contributed by atoms with E-state index in [1.54, 1.807) is 4.57 Å². The average molecular weight is 271 g/mol. The van der Waals surface area contributed by atoms with Crippen molar-refractivity contribution < 1.29 is 8.42 Å². The molecule has 0 aliphatic heterocycles. The lowest BCUT2D eigenvalue weighted by atomic mass is 10.1. The molecule has 0 N–H and O–H groups in total. The summed E-state index contributed by atoms with van der Waals surface area (Å²) in [5.74, 6) is 0. The maximum Gasteiger partial charge on any atom is 0.280 e. The van der Waals surface area contributed by atoms with Crippen molar-refractivity contribution in [1.82, 2.24) is 9.55 Å². The van der Waals surface area contributed by atoms with Crippen LogP contribution in [0.5, 0.6) is 0 Å². The topological polar surface area (TPSA) is 52.0 Å². The molecule has 2 aromatic rings. The first-order chi connectivity index (χ1) is 7.97. The molecule has 0 saturated heterocycles. The van der Waals surface area contributed by atoms with Crippen LogP contribution in [0, 0.1) is 6.92 Å². The fourth-order valence-corrected chi connectivity index (χ4v) is 2.21. The van der Waals surface area contributed by atoms with Gasteiger partial charge in [-0.25, -0.2) is 13.4 Å². The minimum Gasteiger partial charge on any atom is -0.332 e. The van der Waals surface area contributed by atoms with E-state index in [0.29, 0.717) is 6.54 Å². The van der Waals surface area contributed by atoms with Crippen molar-refractivity contribution >= 4 is 19.7 Å². The average Bonchev–Trinajstić information content (AvgIpc) is 2.69. The van der Waals surface area contributed by atoms with Crippen LogP contribution in [-0.2, 0) is 15.6 Å². The van der Waals surface area contributed by atoms with Crippen molar-refractivity contribution in [2.45, 2.75) is 18.5 Å². The Balaban J connectivity index is 2.26. The highest BCUT2D eigenvalue weighted by Gasteiger charge is 2.13. The van der Waals surface area contributed by atoms with Crippen LogP contribution in [0.3, 0.4) is 0 Å². The van der Waals surface area contributed by atoms with Crippen molar-refractivity contribution in [3.63, 3.8) is 0 Å². The van der Waals surface area contributed by atoms with Crippen LogP contribution in [0.25, 0.3) is 0 Å². The third-order valence-corrected chi connectivity index (χ3v) is 3.66. The van der Waals surface area contributed by atoms with Crippen molar-refractivity contribution in [1.29, 1.82) is 0 Å². The van der Waals surface area contributed by atoms with Crippen LogP contribution >= 0.6 is 10.7 Å². The fraction of sp³-hybridized carbons (Fsp3) is 0.182. The molecule has 4 nitrogen and oxygen atoms in total. The largest absolute Gasteiger partial charge is 0.332 e. The van der Waals surface area contributed by atoms with Gasteiger partial charge in [-0.05, 0) is 18.1 Å². The number of benzene rings is 1. The molecule has 17 heavy (non-hydrogen) atoms. The molecule has 1 heterocycles. The second-order valence-corrected chi connectivity index (χ2v) is 6.26. The van der Waals surface area contributed by atoms with E-state index in [9.17, 15) is 8.42 Å². The molecule has 0 saturated carbocycles. The molecule has 0 radical (unpaired) electrons. The number of nitrogens with zero attached hydrogens (tertiary/aromatic N) is 2. The van der Waals surface area contributed by atoms with Crippen molar-refractivity contribution in [3.05, 3.63) is 47.9 Å². The number of rotatable bonds is 3. The number of aromatic nitrogens is 2. The fourth-order valence-electron chi connectivity index (χ4n) is 1.54. The van der Waals surface area contributed by atoms with Crippen molar-refractivity contribution in [2.75, 3.05) is 0 Å². The van der Waals surface area contributed by atoms with Gasteiger partial charge in [-0.3, -0.25) is 0 Å². The molecule has 0 amide bonds. The van der Waals surface area contributed by atoms with Crippen LogP contribution in [-0.4, -0.2) is 18.0 Å². The van der Waals surface area contributed by atoms with Gasteiger partial charge in [-0.2, -0.15) is 0 Å². The van der Waals surface area contributed by atoms with Gasteiger partial charge >= 0.3 is 0 Å². The van der Waals surface area contributed by atoms with E-state index in [1.807, 2.05) is 31.2 Å². The molecule has 6 heteroatoms. The third kappa shape index (κ3) is 2.87. The summed E-state index contributed by atoms with van der Waals surface area (Å²) in [6.45, 7) is 2.58. The molecule has 1 aromatic heterocycles. The Bertz CT molecular complexity index is 634. The SMILES string of the molecule is Cc1ccccc1Cn1cnc(S(=O)(=O)Cl)c1. The van der Waals surface area contributed by atoms with Gasteiger partial charge in [0, 0.05) is 23.4 Å². The Kier molecular flexibility index (Phi) is 3.22. The van der Waals surface area contributed by atoms with Crippen LogP contribution in [0.1, 0.15) is 11.1 Å². The summed E-state index contributed by atoms with van der Waals surface area (Å²) in [5, 5.41) is -0.118. The van der Waals surface area contributed by atoms with Gasteiger partial charge in [0.15, 0.2) is 5.03 Å². The van der Waals surface area contributed by atoms with Crippen LogP contribution < -0.4 is 0 Å². The van der Waals surface area contributed by atoms with Gasteiger partial charge in [-0.1, -0.05) is 24.3 Å². The van der Waals surface area contributed by atoms with Crippen LogP contribution in [0.2, 0.25) is 0 Å². The highest BCUT2D eigenvalue weighted by atomic mass is 35.7. The lowest BCUT2D eigenvalue weighted by Gasteiger charge is -2.05. The van der Waals surface area contributed by atoms with E-state index < -0.39 is 9.05 Å². The van der Waals surface area contributed by atoms with E-state index in [2.05, 4.69) is 4.98 Å². The van der Waals surface area contributed by atoms with Gasteiger partial charge in [-0.15, -0.1) is 0 Å². The normalized spacial score (nSPS) is 11.6. The Morgan fingerprint density at radius 3 is 2.65 bits per heavy atom. The molecule has 2 rings (SSSR count). The van der Waals surface area contributed by atoms with E-state index in [-0.39, 0.29) is 5.03 Å². The predicted molar refractivity (Wildman–Crippen MR) is 65.5 cm³/mol. The zero-order valence-corrected chi connectivity index (χ0v) is 10.7. The van der Waals surface area contributed by atoms with E-state index >= 15 is 0 Å². The van der Waals surface area contributed by atoms with E-state index in [4.69, 9.17) is 10.7 Å². The Morgan fingerprint density at radius 1 is 1.35 bits per heavy atom. The number of halogens is 1. The van der Waals surface area contributed by atoms with Crippen molar-refractivity contribution in [3.8, 4) is 0 Å². The predicted octanol–water partition coefficient (Wildman–Crippen LogP) is 2.17. The Hall–Kier alpha value is -1.33. The summed E-state index contributed by atoms with van der Waals surface area (Å²) in [6, 6.07) is 7.90. The Morgan fingerprint density at radius 2 is 2.06 bits per heavy atom. The summed E-state index contributed by atoms with van der Waals surface area (Å²) < 4.78 is 23.8. The summed E-state index contributed by atoms with van der Waals surface area (Å²) >= 11 is 0. The number of hydrogen-bond donors (Lipinski definition) is 0. The first-order valence-electron chi connectivity index (χ1n) is 4.98. The summed E-state index contributed by atoms with van der Waals surface area (Å²) in [6.07, 6.45) is 2.89. The summed E-state index contributed by atoms with van der Waals surface area (Å²) in [7, 11) is 1.46. The molecular formula is C11H11ClN2O2S. The quantitative estimate of drug-likeness (QED) is 0.803. The smallest absolute Gasteiger partial charge is 0.280 e. The third-order valence-electron chi connectivity index (χ3n) is 2.47. The van der Waals surface area contributed by atoms with Gasteiger partial charge in [0.2, 0.25) is 0 Å². The Labute approximate surface area is 104 Å². The van der Waals surface area contributed by atoms with E-state index in [0.717, 1.165) is 11.1 Å². The zero-order chi connectivity index (χ0) is 12.5. The molecule has 0 spiro atoms. The molecular weight excluding hydrogens is 260 g/mol. The highest BCUT2D eigenvalue weighted by Crippen LogP contribution is 2.14. The number of hydrogen-bond acceptors (Lipinski definition) is 3. The summed E-state index contributed by atoms with van der Waals surface area (Å²) in [4.78, 5) is 3.76. The maximum absolute atomic E-state index is 11.1. The van der Waals surface area contributed by atoms with Gasteiger partial charge in [0.25, 0.3) is 9.05 Å². The highest BCUT2D eigenvalue weighted by molar-refractivity contribution is 8.13. The number of imidazole rings is 1. The van der Waals surface area contributed by atoms with Crippen molar-refractivity contribution in [2.24, 2.45) is 0 Å². The standard InChI is InChI=1S/C11H11ClN2O2S/c1-9-4-2-3-5-10(9)6-14-7-11(13-8-14)17(12,15)16/h2-5,7-8H,6H2,1H3. The minimum absolute atomic E-state index is 0.118. The van der Waals surface area contributed by atoms with Gasteiger partial charge in [0.1, 0.15) is 0 Å². The zero-order valence-electron chi connectivity index (χ0n) is 9.17. The maximum atomic E-state index is 11.1. The molecule has 0 aliphatic carbocycles. The lowest BCUT2D eigenvalue weighted by Crippen LogP contribution is -1.98. The lowest BCUT2D eigenvalue weighted by molar-refractivity contribution is 0.606. The molecule has 0 bridgehead atoms. The molecule has 90 valence electrons. The summed E-state index contributed by atoms with van der Waals surface area (Å²) in [5.41, 5.74) is 2.26. The monoisotopic (exact) mass is 270 g/mol. The molecule has 0 fully saturated rings. The molecule has 0 atom stereocenters. The first-order valence-corrected chi connectivity index (χ1v) is 7.29. The second kappa shape index (κ2) is 4.50. The minimum atomic E-state index is -3.74.